The van der Waals surface area contributed by atoms with E-state index in [0.29, 0.717) is 18.9 Å². The third-order valence-electron chi connectivity index (χ3n) is 3.42. The molecule has 0 aliphatic heterocycles. The third kappa shape index (κ3) is 4.98. The Balaban J connectivity index is 2.96. The summed E-state index contributed by atoms with van der Waals surface area (Å²) in [5.41, 5.74) is 7.34. The van der Waals surface area contributed by atoms with Crippen molar-refractivity contribution in [1.82, 2.24) is 4.72 Å². The Kier molecular flexibility index (Phi) is 6.64. The van der Waals surface area contributed by atoms with Crippen LogP contribution in [0.1, 0.15) is 33.3 Å². The molecule has 0 spiro atoms. The van der Waals surface area contributed by atoms with Crippen molar-refractivity contribution in [3.63, 3.8) is 0 Å². The van der Waals surface area contributed by atoms with Gasteiger partial charge >= 0.3 is 0 Å². The first kappa shape index (κ1) is 17.9. The molecule has 0 aliphatic carbocycles. The number of aryl methyl sites for hydroxylation is 1. The summed E-state index contributed by atoms with van der Waals surface area (Å²) in [5, 5.41) is 0. The Morgan fingerprint density at radius 3 is 2.43 bits per heavy atom. The molecule has 0 saturated heterocycles. The van der Waals surface area contributed by atoms with Crippen molar-refractivity contribution in [3.8, 4) is 0 Å². The van der Waals surface area contributed by atoms with Gasteiger partial charge < -0.3 is 10.5 Å². The second kappa shape index (κ2) is 7.77. The van der Waals surface area contributed by atoms with Crippen molar-refractivity contribution in [3.05, 3.63) is 23.8 Å². The molecule has 1 unspecified atom stereocenters. The topological polar surface area (TPSA) is 81.4 Å². The Bertz CT molecular complexity index is 556. The number of nitrogens with two attached hydrogens (primary N) is 1. The minimum absolute atomic E-state index is 0.138. The number of nitrogens with one attached hydrogen (secondary N) is 1. The Morgan fingerprint density at radius 1 is 1.29 bits per heavy atom. The Labute approximate surface area is 127 Å². The summed E-state index contributed by atoms with van der Waals surface area (Å²) in [6, 6.07) is 4.60. The zero-order valence-corrected chi connectivity index (χ0v) is 14.0. The number of hydrogen-bond donors (Lipinski definition) is 2. The summed E-state index contributed by atoms with van der Waals surface area (Å²) in [7, 11) is -3.59. The Hall–Kier alpha value is -1.11. The van der Waals surface area contributed by atoms with Crippen LogP contribution in [0.4, 0.5) is 5.69 Å². The standard InChI is InChI=1S/C15H26N2O3S/c1-5-12-7-8-13(9-14(12)16)21(18,19)17-15(11(3)4)10-20-6-2/h7-9,11,15,17H,5-6,10,16H2,1-4H3. The number of nitrogen functional groups attached to an aromatic ring is 1. The van der Waals surface area contributed by atoms with Crippen molar-refractivity contribution in [2.24, 2.45) is 5.92 Å². The van der Waals surface area contributed by atoms with Gasteiger partial charge in [0.25, 0.3) is 0 Å². The van der Waals surface area contributed by atoms with Crippen molar-refractivity contribution < 1.29 is 13.2 Å². The molecule has 1 rings (SSSR count). The van der Waals surface area contributed by atoms with Gasteiger partial charge in [0, 0.05) is 18.3 Å². The lowest BCUT2D eigenvalue weighted by atomic mass is 10.1. The molecule has 0 aromatic heterocycles. The van der Waals surface area contributed by atoms with Crippen LogP contribution in [-0.4, -0.2) is 27.7 Å². The average molecular weight is 314 g/mol. The molecular weight excluding hydrogens is 288 g/mol. The zero-order chi connectivity index (χ0) is 16.0. The highest BCUT2D eigenvalue weighted by Crippen LogP contribution is 2.19. The van der Waals surface area contributed by atoms with Crippen LogP contribution in [0, 0.1) is 5.92 Å². The Morgan fingerprint density at radius 2 is 1.95 bits per heavy atom. The molecular formula is C15H26N2O3S. The van der Waals surface area contributed by atoms with Crippen LogP contribution in [0.25, 0.3) is 0 Å². The molecule has 0 bridgehead atoms. The molecule has 3 N–H and O–H groups in total. The fourth-order valence-corrected chi connectivity index (χ4v) is 3.34. The number of sulfonamides is 1. The first-order valence-electron chi connectivity index (χ1n) is 7.30. The van der Waals surface area contributed by atoms with Crippen molar-refractivity contribution in [2.75, 3.05) is 18.9 Å². The van der Waals surface area contributed by atoms with E-state index in [1.165, 1.54) is 6.07 Å². The summed E-state index contributed by atoms with van der Waals surface area (Å²) >= 11 is 0. The van der Waals surface area contributed by atoms with E-state index in [1.807, 2.05) is 27.7 Å². The molecule has 120 valence electrons. The van der Waals surface area contributed by atoms with Gasteiger partial charge in [0.05, 0.1) is 11.5 Å². The van der Waals surface area contributed by atoms with E-state index in [-0.39, 0.29) is 16.9 Å². The highest BCUT2D eigenvalue weighted by Gasteiger charge is 2.23. The van der Waals surface area contributed by atoms with Gasteiger partial charge in [-0.2, -0.15) is 0 Å². The predicted molar refractivity (Wildman–Crippen MR) is 85.7 cm³/mol. The van der Waals surface area contributed by atoms with E-state index in [2.05, 4.69) is 4.72 Å². The van der Waals surface area contributed by atoms with Crippen molar-refractivity contribution in [2.45, 2.75) is 45.1 Å². The number of anilines is 1. The zero-order valence-electron chi connectivity index (χ0n) is 13.2. The third-order valence-corrected chi connectivity index (χ3v) is 4.91. The SMILES string of the molecule is CCOCC(NS(=O)(=O)c1ccc(CC)c(N)c1)C(C)C. The van der Waals surface area contributed by atoms with Crippen LogP contribution in [0.3, 0.4) is 0 Å². The molecule has 0 radical (unpaired) electrons. The molecule has 0 saturated carbocycles. The van der Waals surface area contributed by atoms with E-state index in [9.17, 15) is 8.42 Å². The fourth-order valence-electron chi connectivity index (χ4n) is 1.94. The fraction of sp³-hybridized carbons (Fsp3) is 0.600. The van der Waals surface area contributed by atoms with E-state index < -0.39 is 10.0 Å². The second-order valence-corrected chi connectivity index (χ2v) is 7.06. The lowest BCUT2D eigenvalue weighted by Crippen LogP contribution is -2.41. The number of hydrogen-bond acceptors (Lipinski definition) is 4. The highest BCUT2D eigenvalue weighted by molar-refractivity contribution is 7.89. The molecule has 1 aromatic rings. The van der Waals surface area contributed by atoms with Crippen molar-refractivity contribution >= 4 is 15.7 Å². The summed E-state index contributed by atoms with van der Waals surface area (Å²) in [6.07, 6.45) is 0.776. The van der Waals surface area contributed by atoms with Crippen LogP contribution in [0.15, 0.2) is 23.1 Å². The van der Waals surface area contributed by atoms with E-state index in [1.54, 1.807) is 12.1 Å². The predicted octanol–water partition coefficient (Wildman–Crippen LogP) is 2.17. The van der Waals surface area contributed by atoms with Gasteiger partial charge in [-0.15, -0.1) is 0 Å². The molecule has 1 aromatic carbocycles. The van der Waals surface area contributed by atoms with E-state index in [0.717, 1.165) is 12.0 Å². The van der Waals surface area contributed by atoms with Gasteiger partial charge in [-0.3, -0.25) is 0 Å². The van der Waals surface area contributed by atoms with Crippen LogP contribution >= 0.6 is 0 Å². The van der Waals surface area contributed by atoms with Crippen LogP contribution in [0.2, 0.25) is 0 Å². The molecule has 5 nitrogen and oxygen atoms in total. The largest absolute Gasteiger partial charge is 0.398 e. The molecule has 0 heterocycles. The summed E-state index contributed by atoms with van der Waals surface area (Å²) in [4.78, 5) is 0.194. The van der Waals surface area contributed by atoms with Crippen molar-refractivity contribution in [1.29, 1.82) is 0 Å². The second-order valence-electron chi connectivity index (χ2n) is 5.35. The first-order chi connectivity index (χ1) is 9.81. The summed E-state index contributed by atoms with van der Waals surface area (Å²) in [6.45, 7) is 8.70. The lowest BCUT2D eigenvalue weighted by Gasteiger charge is -2.22. The van der Waals surface area contributed by atoms with Gasteiger partial charge in [-0.25, -0.2) is 13.1 Å². The number of benzene rings is 1. The number of rotatable bonds is 8. The quantitative estimate of drug-likeness (QED) is 0.721. The van der Waals surface area contributed by atoms with Gasteiger partial charge in [-0.05, 0) is 37.0 Å². The van der Waals surface area contributed by atoms with E-state index in [4.69, 9.17) is 10.5 Å². The van der Waals surface area contributed by atoms with Crippen LogP contribution in [-0.2, 0) is 21.2 Å². The minimum atomic E-state index is -3.59. The van der Waals surface area contributed by atoms with Gasteiger partial charge in [0.2, 0.25) is 10.0 Å². The van der Waals surface area contributed by atoms with Crippen LogP contribution < -0.4 is 10.5 Å². The maximum Gasteiger partial charge on any atom is 0.240 e. The van der Waals surface area contributed by atoms with Gasteiger partial charge in [-0.1, -0.05) is 26.8 Å². The summed E-state index contributed by atoms with van der Waals surface area (Å²) in [5.74, 6) is 0.138. The minimum Gasteiger partial charge on any atom is -0.398 e. The molecule has 0 aliphatic rings. The normalized spacial score (nSPS) is 13.6. The van der Waals surface area contributed by atoms with Gasteiger partial charge in [0.1, 0.15) is 0 Å². The molecule has 1 atom stereocenters. The summed E-state index contributed by atoms with van der Waals surface area (Å²) < 4.78 is 32.9. The first-order valence-corrected chi connectivity index (χ1v) is 8.78. The van der Waals surface area contributed by atoms with Gasteiger partial charge in [0.15, 0.2) is 0 Å². The molecule has 0 amide bonds. The maximum atomic E-state index is 12.4. The molecule has 0 fully saturated rings. The molecule has 21 heavy (non-hydrogen) atoms. The maximum absolute atomic E-state index is 12.4. The number of ether oxygens (including phenoxy) is 1. The van der Waals surface area contributed by atoms with E-state index >= 15 is 0 Å². The van der Waals surface area contributed by atoms with Crippen LogP contribution in [0.5, 0.6) is 0 Å². The monoisotopic (exact) mass is 314 g/mol. The highest BCUT2D eigenvalue weighted by atomic mass is 32.2. The molecule has 6 heteroatoms. The smallest absolute Gasteiger partial charge is 0.240 e. The lowest BCUT2D eigenvalue weighted by molar-refractivity contribution is 0.116. The average Bonchev–Trinajstić information content (AvgIpc) is 2.43.